The van der Waals surface area contributed by atoms with Gasteiger partial charge in [0.1, 0.15) is 5.82 Å². The summed E-state index contributed by atoms with van der Waals surface area (Å²) >= 11 is 5.95. The predicted octanol–water partition coefficient (Wildman–Crippen LogP) is 2.24. The molecule has 2 rings (SSSR count). The van der Waals surface area contributed by atoms with Crippen LogP contribution in [0.2, 0.25) is 5.28 Å². The van der Waals surface area contributed by atoms with Gasteiger partial charge in [-0.3, -0.25) is 9.55 Å². The largest absolute Gasteiger partial charge is 0.293 e. The van der Waals surface area contributed by atoms with Crippen molar-refractivity contribution in [3.8, 4) is 0 Å². The highest BCUT2D eigenvalue weighted by atomic mass is 35.5. The molecule has 2 aromatic rings. The van der Waals surface area contributed by atoms with Gasteiger partial charge < -0.3 is 0 Å². The Balaban J connectivity index is 2.41. The summed E-state index contributed by atoms with van der Waals surface area (Å²) in [5.74, 6) is 0.790. The molecule has 4 nitrogen and oxygen atoms in total. The zero-order chi connectivity index (χ0) is 10.8. The number of pyridine rings is 1. The van der Waals surface area contributed by atoms with Crippen LogP contribution in [0.3, 0.4) is 0 Å². The number of rotatable bonds is 2. The highest BCUT2D eigenvalue weighted by Gasteiger charge is 2.15. The Morgan fingerprint density at radius 2 is 2.13 bits per heavy atom. The van der Waals surface area contributed by atoms with Crippen LogP contribution < -0.4 is 0 Å². The summed E-state index contributed by atoms with van der Waals surface area (Å²) in [6.07, 6.45) is 1.76. The molecule has 0 amide bonds. The third kappa shape index (κ3) is 1.85. The Bertz CT molecular complexity index is 432. The van der Waals surface area contributed by atoms with Crippen molar-refractivity contribution >= 4 is 11.6 Å². The quantitative estimate of drug-likeness (QED) is 0.783. The van der Waals surface area contributed by atoms with E-state index in [1.807, 2.05) is 36.6 Å². The third-order valence-electron chi connectivity index (χ3n) is 2.33. The fourth-order valence-electron chi connectivity index (χ4n) is 1.54. The van der Waals surface area contributed by atoms with Gasteiger partial charge in [-0.15, -0.1) is 10.2 Å². The van der Waals surface area contributed by atoms with E-state index in [4.69, 9.17) is 11.6 Å². The minimum Gasteiger partial charge on any atom is -0.293 e. The smallest absolute Gasteiger partial charge is 0.225 e. The summed E-state index contributed by atoms with van der Waals surface area (Å²) in [5, 5.41) is 8.12. The summed E-state index contributed by atoms with van der Waals surface area (Å²) in [5.41, 5.74) is 0.947. The maximum atomic E-state index is 5.95. The molecule has 0 aromatic carbocycles. The van der Waals surface area contributed by atoms with Crippen molar-refractivity contribution in [1.29, 1.82) is 0 Å². The first-order valence-electron chi connectivity index (χ1n) is 4.68. The van der Waals surface area contributed by atoms with Crippen molar-refractivity contribution in [2.45, 2.75) is 19.9 Å². The molecule has 0 radical (unpaired) electrons. The van der Waals surface area contributed by atoms with E-state index in [9.17, 15) is 0 Å². The van der Waals surface area contributed by atoms with Crippen molar-refractivity contribution in [3.63, 3.8) is 0 Å². The molecule has 0 fully saturated rings. The summed E-state index contributed by atoms with van der Waals surface area (Å²) < 4.78 is 1.85. The van der Waals surface area contributed by atoms with Gasteiger partial charge in [0.2, 0.25) is 5.28 Å². The van der Waals surface area contributed by atoms with E-state index in [-0.39, 0.29) is 6.04 Å². The number of aryl methyl sites for hydroxylation is 1. The molecule has 78 valence electrons. The van der Waals surface area contributed by atoms with Crippen LogP contribution in [-0.4, -0.2) is 19.7 Å². The molecule has 0 N–H and O–H groups in total. The minimum atomic E-state index is 0.0497. The van der Waals surface area contributed by atoms with Gasteiger partial charge in [-0.05, 0) is 37.6 Å². The molecule has 1 unspecified atom stereocenters. The molecule has 0 aliphatic carbocycles. The molecule has 15 heavy (non-hydrogen) atoms. The molecular formula is C10H11ClN4. The molecule has 1 atom stereocenters. The maximum Gasteiger partial charge on any atom is 0.225 e. The molecule has 5 heteroatoms. The van der Waals surface area contributed by atoms with E-state index >= 15 is 0 Å². The summed E-state index contributed by atoms with van der Waals surface area (Å²) in [6.45, 7) is 3.89. The monoisotopic (exact) mass is 222 g/mol. The van der Waals surface area contributed by atoms with E-state index in [1.165, 1.54) is 0 Å². The summed E-state index contributed by atoms with van der Waals surface area (Å²) in [4.78, 5) is 4.28. The lowest BCUT2D eigenvalue weighted by Crippen LogP contribution is -2.10. The van der Waals surface area contributed by atoms with Crippen LogP contribution in [0, 0.1) is 6.92 Å². The first-order valence-corrected chi connectivity index (χ1v) is 5.06. The van der Waals surface area contributed by atoms with Gasteiger partial charge in [0.05, 0.1) is 11.7 Å². The van der Waals surface area contributed by atoms with Crippen molar-refractivity contribution in [3.05, 3.63) is 41.2 Å². The van der Waals surface area contributed by atoms with Crippen LogP contribution in [0.25, 0.3) is 0 Å². The minimum absolute atomic E-state index is 0.0497. The average molecular weight is 223 g/mol. The molecule has 2 heterocycles. The number of aromatic nitrogens is 4. The summed E-state index contributed by atoms with van der Waals surface area (Å²) in [6, 6.07) is 5.85. The Hall–Kier alpha value is -1.42. The van der Waals surface area contributed by atoms with Crippen LogP contribution in [0.1, 0.15) is 24.5 Å². The molecule has 0 saturated carbocycles. The Morgan fingerprint density at radius 3 is 2.67 bits per heavy atom. The predicted molar refractivity (Wildman–Crippen MR) is 57.8 cm³/mol. The number of hydrogen-bond donors (Lipinski definition) is 0. The third-order valence-corrected chi connectivity index (χ3v) is 2.59. The van der Waals surface area contributed by atoms with E-state index in [2.05, 4.69) is 15.2 Å². The number of halogens is 1. The first kappa shape index (κ1) is 10.1. The first-order chi connectivity index (χ1) is 7.20. The van der Waals surface area contributed by atoms with E-state index in [1.54, 1.807) is 6.20 Å². The second kappa shape index (κ2) is 3.98. The van der Waals surface area contributed by atoms with Crippen molar-refractivity contribution in [2.75, 3.05) is 0 Å². The van der Waals surface area contributed by atoms with Crippen LogP contribution in [0.5, 0.6) is 0 Å². The van der Waals surface area contributed by atoms with Crippen LogP contribution in [-0.2, 0) is 0 Å². The molecule has 0 aliphatic heterocycles. The lowest BCUT2D eigenvalue weighted by atomic mass is 10.2. The second-order valence-corrected chi connectivity index (χ2v) is 3.65. The van der Waals surface area contributed by atoms with E-state index in [0.29, 0.717) is 5.28 Å². The van der Waals surface area contributed by atoms with E-state index < -0.39 is 0 Å². The number of hydrogen-bond acceptors (Lipinski definition) is 3. The lowest BCUT2D eigenvalue weighted by Gasteiger charge is -2.14. The Labute approximate surface area is 92.9 Å². The van der Waals surface area contributed by atoms with Crippen molar-refractivity contribution < 1.29 is 0 Å². The molecule has 0 aliphatic rings. The van der Waals surface area contributed by atoms with E-state index in [0.717, 1.165) is 11.5 Å². The van der Waals surface area contributed by atoms with Crippen molar-refractivity contribution in [1.82, 2.24) is 19.7 Å². The van der Waals surface area contributed by atoms with Crippen LogP contribution in [0.4, 0.5) is 0 Å². The van der Waals surface area contributed by atoms with Crippen molar-refractivity contribution in [2.24, 2.45) is 0 Å². The van der Waals surface area contributed by atoms with Gasteiger partial charge in [-0.1, -0.05) is 6.07 Å². The standard InChI is InChI=1S/C10H11ClN4/c1-7(9-5-3-4-6-12-9)15-8(2)13-14-10(15)11/h3-7H,1-2H3. The van der Waals surface area contributed by atoms with Crippen LogP contribution in [0.15, 0.2) is 24.4 Å². The Kier molecular flexibility index (Phi) is 2.68. The zero-order valence-corrected chi connectivity index (χ0v) is 9.31. The van der Waals surface area contributed by atoms with Gasteiger partial charge in [0.15, 0.2) is 0 Å². The molecular weight excluding hydrogens is 212 g/mol. The fourth-order valence-corrected chi connectivity index (χ4v) is 1.85. The van der Waals surface area contributed by atoms with Gasteiger partial charge in [0, 0.05) is 6.20 Å². The average Bonchev–Trinajstić information content (AvgIpc) is 2.59. The Morgan fingerprint density at radius 1 is 1.33 bits per heavy atom. The van der Waals surface area contributed by atoms with Gasteiger partial charge >= 0.3 is 0 Å². The topological polar surface area (TPSA) is 43.6 Å². The van der Waals surface area contributed by atoms with Gasteiger partial charge in [-0.2, -0.15) is 0 Å². The second-order valence-electron chi connectivity index (χ2n) is 3.32. The van der Waals surface area contributed by atoms with Crippen LogP contribution >= 0.6 is 11.6 Å². The maximum absolute atomic E-state index is 5.95. The lowest BCUT2D eigenvalue weighted by molar-refractivity contribution is 0.602. The molecule has 0 spiro atoms. The SMILES string of the molecule is Cc1nnc(Cl)n1C(C)c1ccccn1. The number of nitrogens with zero attached hydrogens (tertiary/aromatic N) is 4. The zero-order valence-electron chi connectivity index (χ0n) is 8.55. The van der Waals surface area contributed by atoms with Gasteiger partial charge in [0.25, 0.3) is 0 Å². The van der Waals surface area contributed by atoms with Gasteiger partial charge in [-0.25, -0.2) is 0 Å². The molecule has 0 saturated heterocycles. The highest BCUT2D eigenvalue weighted by molar-refractivity contribution is 6.28. The normalized spacial score (nSPS) is 12.7. The highest BCUT2D eigenvalue weighted by Crippen LogP contribution is 2.20. The molecule has 0 bridgehead atoms. The molecule has 2 aromatic heterocycles. The fraction of sp³-hybridized carbons (Fsp3) is 0.300. The summed E-state index contributed by atoms with van der Waals surface area (Å²) in [7, 11) is 0.